The number of ether oxygens (including phenoxy) is 1. The average molecular weight is 374 g/mol. The van der Waals surface area contributed by atoms with Crippen LogP contribution in [0.25, 0.3) is 5.57 Å². The molecule has 0 aromatic heterocycles. The number of esters is 1. The smallest absolute Gasteiger partial charge is 0.338 e. The Morgan fingerprint density at radius 3 is 2.35 bits per heavy atom. The van der Waals surface area contributed by atoms with E-state index in [-0.39, 0.29) is 28.7 Å². The normalized spacial score (nSPS) is 23.0. The predicted molar refractivity (Wildman–Crippen MR) is 99.6 cm³/mol. The average Bonchev–Trinajstić information content (AvgIpc) is 2.90. The van der Waals surface area contributed by atoms with Crippen molar-refractivity contribution in [2.75, 3.05) is 12.0 Å². The number of amides is 2. The molecule has 5 nitrogen and oxygen atoms in total. The highest BCUT2D eigenvalue weighted by atomic mass is 35.5. The second-order valence-corrected chi connectivity index (χ2v) is 6.89. The first kappa shape index (κ1) is 18.4. The second kappa shape index (κ2) is 7.46. The van der Waals surface area contributed by atoms with Gasteiger partial charge in [-0.2, -0.15) is 0 Å². The van der Waals surface area contributed by atoms with Gasteiger partial charge in [0.15, 0.2) is 0 Å². The van der Waals surface area contributed by atoms with Crippen molar-refractivity contribution in [3.63, 3.8) is 0 Å². The lowest BCUT2D eigenvalue weighted by Crippen LogP contribution is -2.31. The summed E-state index contributed by atoms with van der Waals surface area (Å²) < 4.78 is 4.77. The fraction of sp³-hybridized carbons (Fsp3) is 0.350. The Morgan fingerprint density at radius 2 is 1.85 bits per heavy atom. The van der Waals surface area contributed by atoms with Gasteiger partial charge in [0, 0.05) is 0 Å². The monoisotopic (exact) mass is 373 g/mol. The Hall–Kier alpha value is -2.40. The van der Waals surface area contributed by atoms with E-state index in [0.29, 0.717) is 16.8 Å². The van der Waals surface area contributed by atoms with Gasteiger partial charge >= 0.3 is 5.97 Å². The van der Waals surface area contributed by atoms with Crippen LogP contribution in [0.2, 0.25) is 5.02 Å². The predicted octanol–water partition coefficient (Wildman–Crippen LogP) is 3.76. The Kier molecular flexibility index (Phi) is 5.28. The Balaban J connectivity index is 1.96. The SMILES string of the molecule is C=C/C=C(\C(=O)OC)c1ccc(N2C(=O)C3CCCCC3C2=O)c(Cl)c1. The summed E-state index contributed by atoms with van der Waals surface area (Å²) >= 11 is 6.38. The summed E-state index contributed by atoms with van der Waals surface area (Å²) in [6.45, 7) is 3.59. The highest BCUT2D eigenvalue weighted by molar-refractivity contribution is 6.36. The van der Waals surface area contributed by atoms with E-state index >= 15 is 0 Å². The first-order chi connectivity index (χ1) is 12.5. The highest BCUT2D eigenvalue weighted by Gasteiger charge is 2.49. The maximum Gasteiger partial charge on any atom is 0.338 e. The molecule has 2 fully saturated rings. The summed E-state index contributed by atoms with van der Waals surface area (Å²) in [4.78, 5) is 38.6. The molecule has 1 aromatic carbocycles. The van der Waals surface area contributed by atoms with Crippen molar-refractivity contribution >= 4 is 40.6 Å². The second-order valence-electron chi connectivity index (χ2n) is 6.48. The van der Waals surface area contributed by atoms with E-state index in [1.807, 2.05) is 0 Å². The first-order valence-electron chi connectivity index (χ1n) is 8.58. The summed E-state index contributed by atoms with van der Waals surface area (Å²) in [5, 5.41) is 0.238. The number of anilines is 1. The van der Waals surface area contributed by atoms with Crippen LogP contribution in [-0.4, -0.2) is 24.9 Å². The molecular weight excluding hydrogens is 354 g/mol. The molecule has 0 radical (unpaired) electrons. The van der Waals surface area contributed by atoms with Crippen LogP contribution in [0.15, 0.2) is 36.9 Å². The Bertz CT molecular complexity index is 790. The number of rotatable bonds is 4. The fourth-order valence-corrected chi connectivity index (χ4v) is 4.03. The number of nitrogens with zero attached hydrogens (tertiary/aromatic N) is 1. The van der Waals surface area contributed by atoms with Crippen molar-refractivity contribution in [2.45, 2.75) is 25.7 Å². The van der Waals surface area contributed by atoms with E-state index < -0.39 is 5.97 Å². The number of carbonyl (C=O) groups is 3. The highest BCUT2D eigenvalue weighted by Crippen LogP contribution is 2.42. The van der Waals surface area contributed by atoms with Crippen molar-refractivity contribution in [3.05, 3.63) is 47.5 Å². The standard InChI is InChI=1S/C20H20ClNO4/c1-3-6-13(20(25)26-2)12-9-10-17(16(21)11-12)22-18(23)14-7-4-5-8-15(14)19(22)24/h3,6,9-11,14-15H,1,4-5,7-8H2,2H3/b13-6-. The summed E-state index contributed by atoms with van der Waals surface area (Å²) in [6.07, 6.45) is 6.43. The third-order valence-corrected chi connectivity index (χ3v) is 5.33. The molecule has 1 aliphatic carbocycles. The molecule has 2 atom stereocenters. The summed E-state index contributed by atoms with van der Waals surface area (Å²) in [5.41, 5.74) is 1.19. The number of hydrogen-bond donors (Lipinski definition) is 0. The van der Waals surface area contributed by atoms with E-state index in [1.165, 1.54) is 24.2 Å². The van der Waals surface area contributed by atoms with Crippen LogP contribution in [0.5, 0.6) is 0 Å². The minimum Gasteiger partial charge on any atom is -0.465 e. The van der Waals surface area contributed by atoms with E-state index in [2.05, 4.69) is 6.58 Å². The third-order valence-electron chi connectivity index (χ3n) is 5.03. The molecule has 0 bridgehead atoms. The van der Waals surface area contributed by atoms with Crippen LogP contribution >= 0.6 is 11.6 Å². The molecule has 0 N–H and O–H groups in total. The van der Waals surface area contributed by atoms with Crippen molar-refractivity contribution in [1.82, 2.24) is 0 Å². The van der Waals surface area contributed by atoms with Gasteiger partial charge in [-0.25, -0.2) is 9.69 Å². The number of carbonyl (C=O) groups excluding carboxylic acids is 3. The fourth-order valence-electron chi connectivity index (χ4n) is 3.77. The van der Waals surface area contributed by atoms with Gasteiger partial charge in [-0.1, -0.05) is 43.2 Å². The van der Waals surface area contributed by atoms with Crippen LogP contribution in [0.4, 0.5) is 5.69 Å². The van der Waals surface area contributed by atoms with Crippen LogP contribution in [-0.2, 0) is 19.1 Å². The number of imide groups is 1. The molecule has 1 saturated heterocycles. The lowest BCUT2D eigenvalue weighted by molar-refractivity contribution is -0.133. The van der Waals surface area contributed by atoms with Gasteiger partial charge in [-0.05, 0) is 36.6 Å². The molecule has 6 heteroatoms. The van der Waals surface area contributed by atoms with Gasteiger partial charge in [0.05, 0.1) is 35.2 Å². The zero-order valence-electron chi connectivity index (χ0n) is 14.5. The zero-order valence-corrected chi connectivity index (χ0v) is 15.3. The first-order valence-corrected chi connectivity index (χ1v) is 8.96. The van der Waals surface area contributed by atoms with Gasteiger partial charge in [0.25, 0.3) is 0 Å². The lowest BCUT2D eigenvalue weighted by atomic mass is 9.81. The molecule has 1 aliphatic heterocycles. The Labute approximate surface area is 157 Å². The number of benzene rings is 1. The van der Waals surface area contributed by atoms with E-state index in [1.54, 1.807) is 18.2 Å². The molecule has 2 aliphatic rings. The quantitative estimate of drug-likeness (QED) is 0.349. The van der Waals surface area contributed by atoms with Crippen molar-refractivity contribution in [3.8, 4) is 0 Å². The van der Waals surface area contributed by atoms with Crippen molar-refractivity contribution in [2.24, 2.45) is 11.8 Å². The third kappa shape index (κ3) is 3.07. The van der Waals surface area contributed by atoms with Crippen molar-refractivity contribution < 1.29 is 19.1 Å². The largest absolute Gasteiger partial charge is 0.465 e. The van der Waals surface area contributed by atoms with E-state index in [4.69, 9.17) is 16.3 Å². The van der Waals surface area contributed by atoms with E-state index in [9.17, 15) is 14.4 Å². The molecule has 1 heterocycles. The number of allylic oxidation sites excluding steroid dienone is 2. The summed E-state index contributed by atoms with van der Waals surface area (Å²) in [6, 6.07) is 4.81. The maximum atomic E-state index is 12.7. The van der Waals surface area contributed by atoms with Crippen LogP contribution in [0.1, 0.15) is 31.2 Å². The maximum absolute atomic E-state index is 12.7. The summed E-state index contributed by atoms with van der Waals surface area (Å²) in [7, 11) is 1.29. The lowest BCUT2D eigenvalue weighted by Gasteiger charge is -2.19. The van der Waals surface area contributed by atoms with Crippen LogP contribution in [0.3, 0.4) is 0 Å². The molecule has 1 aromatic rings. The minimum atomic E-state index is -0.520. The van der Waals surface area contributed by atoms with Crippen molar-refractivity contribution in [1.29, 1.82) is 0 Å². The van der Waals surface area contributed by atoms with Gasteiger partial charge in [0.2, 0.25) is 11.8 Å². The van der Waals surface area contributed by atoms with Gasteiger partial charge in [0.1, 0.15) is 0 Å². The molecule has 3 rings (SSSR count). The minimum absolute atomic E-state index is 0.177. The van der Waals surface area contributed by atoms with Crippen LogP contribution < -0.4 is 4.90 Å². The zero-order chi connectivity index (χ0) is 18.8. The number of halogens is 1. The van der Waals surface area contributed by atoms with Gasteiger partial charge in [-0.3, -0.25) is 9.59 Å². The Morgan fingerprint density at radius 1 is 1.23 bits per heavy atom. The molecule has 26 heavy (non-hydrogen) atoms. The molecule has 2 amide bonds. The topological polar surface area (TPSA) is 63.7 Å². The summed E-state index contributed by atoms with van der Waals surface area (Å²) in [5.74, 6) is -1.35. The molecule has 1 saturated carbocycles. The van der Waals surface area contributed by atoms with E-state index in [0.717, 1.165) is 25.7 Å². The number of methoxy groups -OCH3 is 1. The van der Waals surface area contributed by atoms with Gasteiger partial charge < -0.3 is 4.74 Å². The number of hydrogen-bond acceptors (Lipinski definition) is 4. The van der Waals surface area contributed by atoms with Gasteiger partial charge in [-0.15, -0.1) is 0 Å². The number of fused-ring (bicyclic) bond motifs is 1. The molecule has 136 valence electrons. The molecule has 0 spiro atoms. The van der Waals surface area contributed by atoms with Crippen LogP contribution in [0, 0.1) is 11.8 Å². The molecular formula is C20H20ClNO4. The molecule has 2 unspecified atom stereocenters.